The van der Waals surface area contributed by atoms with Gasteiger partial charge in [-0.3, -0.25) is 0 Å². The first-order chi connectivity index (χ1) is 14.4. The van der Waals surface area contributed by atoms with Gasteiger partial charge in [-0.15, -0.1) is 0 Å². The van der Waals surface area contributed by atoms with E-state index in [2.05, 4.69) is 20.8 Å². The minimum Gasteiger partial charge on any atom is -0.508 e. The number of hydrogen-bond donors (Lipinski definition) is 3. The first-order valence-electron chi connectivity index (χ1n) is 10.8. The smallest absolute Gasteiger partial charge is 0.123 e. The molecule has 2 atom stereocenters. The minimum absolute atomic E-state index is 0.187. The predicted octanol–water partition coefficient (Wildman–Crippen LogP) is 6.48. The van der Waals surface area contributed by atoms with Crippen LogP contribution in [-0.2, 0) is 19.3 Å². The largest absolute Gasteiger partial charge is 0.508 e. The van der Waals surface area contributed by atoms with Gasteiger partial charge in [0, 0.05) is 11.1 Å². The van der Waals surface area contributed by atoms with E-state index in [0.717, 1.165) is 36.8 Å². The molecule has 0 fully saturated rings. The van der Waals surface area contributed by atoms with Crippen LogP contribution in [0.15, 0.2) is 60.7 Å². The van der Waals surface area contributed by atoms with Crippen LogP contribution in [0.3, 0.4) is 0 Å². The zero-order chi connectivity index (χ0) is 21.7. The van der Waals surface area contributed by atoms with Crippen LogP contribution in [0, 0.1) is 11.8 Å². The highest BCUT2D eigenvalue weighted by molar-refractivity contribution is 5.76. The van der Waals surface area contributed by atoms with Gasteiger partial charge in [0.15, 0.2) is 0 Å². The number of aromatic hydroxyl groups is 3. The molecular formula is C27H32O3. The van der Waals surface area contributed by atoms with Crippen molar-refractivity contribution < 1.29 is 15.3 Å². The number of benzene rings is 3. The molecule has 3 rings (SSSR count). The van der Waals surface area contributed by atoms with Gasteiger partial charge >= 0.3 is 0 Å². The Hall–Kier alpha value is -2.94. The van der Waals surface area contributed by atoms with E-state index in [-0.39, 0.29) is 11.5 Å². The van der Waals surface area contributed by atoms with Gasteiger partial charge in [0.1, 0.15) is 17.2 Å². The molecule has 0 saturated carbocycles. The summed E-state index contributed by atoms with van der Waals surface area (Å²) in [6.07, 6.45) is 3.82. The number of phenolic OH excluding ortho intramolecular Hbond substituents is 3. The van der Waals surface area contributed by atoms with E-state index in [4.69, 9.17) is 0 Å². The van der Waals surface area contributed by atoms with Crippen molar-refractivity contribution in [2.45, 2.75) is 46.5 Å². The van der Waals surface area contributed by atoms with E-state index < -0.39 is 0 Å². The first kappa shape index (κ1) is 21.8. The van der Waals surface area contributed by atoms with Gasteiger partial charge in [0.2, 0.25) is 0 Å². The molecule has 30 heavy (non-hydrogen) atoms. The van der Waals surface area contributed by atoms with Crippen LogP contribution >= 0.6 is 0 Å². The first-order valence-corrected chi connectivity index (χ1v) is 10.8. The third-order valence-corrected chi connectivity index (χ3v) is 5.97. The second-order valence-electron chi connectivity index (χ2n) is 8.48. The van der Waals surface area contributed by atoms with Crippen molar-refractivity contribution in [2.75, 3.05) is 0 Å². The molecule has 0 bridgehead atoms. The second-order valence-corrected chi connectivity index (χ2v) is 8.48. The summed E-state index contributed by atoms with van der Waals surface area (Å²) < 4.78 is 0. The monoisotopic (exact) mass is 404 g/mol. The molecule has 0 heterocycles. The van der Waals surface area contributed by atoms with Crippen molar-refractivity contribution in [3.63, 3.8) is 0 Å². The summed E-state index contributed by atoms with van der Waals surface area (Å²) in [5.41, 5.74) is 4.89. The van der Waals surface area contributed by atoms with E-state index in [9.17, 15) is 15.3 Å². The van der Waals surface area contributed by atoms with Crippen molar-refractivity contribution in [3.05, 3.63) is 77.4 Å². The SMILES string of the molecule is CCCc1ccc(O)c(-c2cc(CC(C)C(C)Cc3ccc(O)cc3)ccc2O)c1. The fraction of sp³-hybridized carbons (Fsp3) is 0.333. The zero-order valence-electron chi connectivity index (χ0n) is 18.1. The van der Waals surface area contributed by atoms with Gasteiger partial charge in [-0.1, -0.05) is 51.5 Å². The van der Waals surface area contributed by atoms with E-state index >= 15 is 0 Å². The van der Waals surface area contributed by atoms with E-state index in [1.165, 1.54) is 5.56 Å². The van der Waals surface area contributed by atoms with Gasteiger partial charge in [0.05, 0.1) is 0 Å². The Morgan fingerprint density at radius 2 is 1.10 bits per heavy atom. The third kappa shape index (κ3) is 5.35. The normalized spacial score (nSPS) is 13.2. The molecule has 0 saturated heterocycles. The van der Waals surface area contributed by atoms with Crippen LogP contribution in [0.2, 0.25) is 0 Å². The lowest BCUT2D eigenvalue weighted by molar-refractivity contribution is 0.383. The highest BCUT2D eigenvalue weighted by Gasteiger charge is 2.16. The summed E-state index contributed by atoms with van der Waals surface area (Å²) in [6.45, 7) is 6.63. The standard InChI is InChI=1S/C27H32O3/c1-4-5-20-8-12-26(29)24(16-20)25-17-22(9-13-27(25)30)15-19(3)18(2)14-21-6-10-23(28)11-7-21/h6-13,16-19,28-30H,4-5,14-15H2,1-3H3. The van der Waals surface area contributed by atoms with Crippen molar-refractivity contribution >= 4 is 0 Å². The number of rotatable bonds is 8. The van der Waals surface area contributed by atoms with Gasteiger partial charge in [-0.05, 0) is 84.2 Å². The molecule has 0 radical (unpaired) electrons. The van der Waals surface area contributed by atoms with Crippen LogP contribution < -0.4 is 0 Å². The zero-order valence-corrected chi connectivity index (χ0v) is 18.1. The quantitative estimate of drug-likeness (QED) is 0.403. The molecule has 158 valence electrons. The molecule has 0 aromatic heterocycles. The maximum atomic E-state index is 10.5. The molecule has 0 aliphatic heterocycles. The highest BCUT2D eigenvalue weighted by Crippen LogP contribution is 2.37. The molecule has 0 spiro atoms. The second kappa shape index (κ2) is 9.71. The molecule has 0 aliphatic rings. The van der Waals surface area contributed by atoms with Crippen LogP contribution in [0.5, 0.6) is 17.2 Å². The average Bonchev–Trinajstić information content (AvgIpc) is 2.73. The average molecular weight is 405 g/mol. The number of phenols is 3. The van der Waals surface area contributed by atoms with Gasteiger partial charge < -0.3 is 15.3 Å². The summed E-state index contributed by atoms with van der Waals surface area (Å²) in [5.74, 6) is 1.58. The molecular weight excluding hydrogens is 372 g/mol. The van der Waals surface area contributed by atoms with Crippen LogP contribution in [0.4, 0.5) is 0 Å². The van der Waals surface area contributed by atoms with Crippen molar-refractivity contribution in [1.29, 1.82) is 0 Å². The summed E-state index contributed by atoms with van der Waals surface area (Å²) in [6, 6.07) is 18.8. The Bertz CT molecular complexity index is 976. The lowest BCUT2D eigenvalue weighted by Crippen LogP contribution is -2.13. The van der Waals surface area contributed by atoms with Gasteiger partial charge in [-0.2, -0.15) is 0 Å². The van der Waals surface area contributed by atoms with Crippen LogP contribution in [0.1, 0.15) is 43.9 Å². The molecule has 3 aromatic carbocycles. The Balaban J connectivity index is 1.78. The van der Waals surface area contributed by atoms with Crippen LogP contribution in [0.25, 0.3) is 11.1 Å². The maximum Gasteiger partial charge on any atom is 0.123 e. The molecule has 3 nitrogen and oxygen atoms in total. The lowest BCUT2D eigenvalue weighted by Gasteiger charge is -2.21. The Morgan fingerprint density at radius 1 is 0.633 bits per heavy atom. The van der Waals surface area contributed by atoms with Crippen LogP contribution in [-0.4, -0.2) is 15.3 Å². The number of aryl methyl sites for hydroxylation is 1. The summed E-state index contributed by atoms with van der Waals surface area (Å²) >= 11 is 0. The maximum absolute atomic E-state index is 10.5. The van der Waals surface area contributed by atoms with Gasteiger partial charge in [0.25, 0.3) is 0 Å². The van der Waals surface area contributed by atoms with E-state index in [0.29, 0.717) is 28.7 Å². The van der Waals surface area contributed by atoms with Crippen molar-refractivity contribution in [2.24, 2.45) is 11.8 Å². The highest BCUT2D eigenvalue weighted by atomic mass is 16.3. The van der Waals surface area contributed by atoms with E-state index in [1.807, 2.05) is 36.4 Å². The lowest BCUT2D eigenvalue weighted by atomic mass is 9.85. The summed E-state index contributed by atoms with van der Waals surface area (Å²) in [4.78, 5) is 0. The Kier molecular flexibility index (Phi) is 7.04. The molecule has 3 heteroatoms. The molecule has 2 unspecified atom stereocenters. The summed E-state index contributed by atoms with van der Waals surface area (Å²) in [7, 11) is 0. The molecule has 3 aromatic rings. The van der Waals surface area contributed by atoms with Crippen molar-refractivity contribution in [3.8, 4) is 28.4 Å². The van der Waals surface area contributed by atoms with Crippen molar-refractivity contribution in [1.82, 2.24) is 0 Å². The fourth-order valence-corrected chi connectivity index (χ4v) is 3.95. The summed E-state index contributed by atoms with van der Waals surface area (Å²) in [5, 5.41) is 30.3. The Morgan fingerprint density at radius 3 is 1.67 bits per heavy atom. The number of hydrogen-bond acceptors (Lipinski definition) is 3. The van der Waals surface area contributed by atoms with Gasteiger partial charge in [-0.25, -0.2) is 0 Å². The predicted molar refractivity (Wildman–Crippen MR) is 123 cm³/mol. The fourth-order valence-electron chi connectivity index (χ4n) is 3.95. The molecule has 3 N–H and O–H groups in total. The molecule has 0 aliphatic carbocycles. The molecule has 0 amide bonds. The topological polar surface area (TPSA) is 60.7 Å². The third-order valence-electron chi connectivity index (χ3n) is 5.97. The van der Waals surface area contributed by atoms with E-state index in [1.54, 1.807) is 24.3 Å². The Labute approximate surface area is 179 Å². The minimum atomic E-state index is 0.187.